The van der Waals surface area contributed by atoms with E-state index in [4.69, 9.17) is 22.4 Å². The molecule has 8 heteroatoms. The van der Waals surface area contributed by atoms with Crippen LogP contribution < -0.4 is 11.0 Å². The summed E-state index contributed by atoms with van der Waals surface area (Å²) in [6.45, 7) is 3.03. The highest BCUT2D eigenvalue weighted by atomic mass is 35.5. The third kappa shape index (κ3) is 3.57. The number of hydrogen-bond acceptors (Lipinski definition) is 4. The first kappa shape index (κ1) is 20.1. The summed E-state index contributed by atoms with van der Waals surface area (Å²) in [6, 6.07) is 10.8. The van der Waals surface area contributed by atoms with E-state index in [0.717, 1.165) is 18.4 Å². The Morgan fingerprint density at radius 2 is 2.00 bits per heavy atom. The van der Waals surface area contributed by atoms with Gasteiger partial charge in [0.2, 0.25) is 0 Å². The maximum absolute atomic E-state index is 13.1. The molecule has 0 saturated heterocycles. The SMILES string of the molecule is CCCC(=N)n1c(=N)c(=O)[nH]c2cc(C(=O)N3CCc4ccc(Cl)cc4C3)ccc21. The molecule has 154 valence electrons. The monoisotopic (exact) mass is 423 g/mol. The van der Waals surface area contributed by atoms with E-state index in [2.05, 4.69) is 4.98 Å². The average Bonchev–Trinajstić information content (AvgIpc) is 2.73. The summed E-state index contributed by atoms with van der Waals surface area (Å²) < 4.78 is 1.34. The van der Waals surface area contributed by atoms with E-state index in [1.54, 1.807) is 23.1 Å². The molecule has 1 amide bonds. The Balaban J connectivity index is 1.71. The zero-order valence-electron chi connectivity index (χ0n) is 16.6. The fourth-order valence-electron chi connectivity index (χ4n) is 3.88. The van der Waals surface area contributed by atoms with Crippen LogP contribution in [0.1, 0.15) is 41.3 Å². The van der Waals surface area contributed by atoms with Crippen LogP contribution in [0.5, 0.6) is 0 Å². The molecule has 0 aliphatic carbocycles. The lowest BCUT2D eigenvalue weighted by molar-refractivity contribution is 0.0735. The zero-order valence-corrected chi connectivity index (χ0v) is 17.3. The van der Waals surface area contributed by atoms with Gasteiger partial charge in [0.25, 0.3) is 11.5 Å². The minimum atomic E-state index is -0.588. The van der Waals surface area contributed by atoms with Crippen molar-refractivity contribution in [1.82, 2.24) is 14.5 Å². The molecule has 30 heavy (non-hydrogen) atoms. The number of aromatic nitrogens is 2. The van der Waals surface area contributed by atoms with Gasteiger partial charge in [-0.15, -0.1) is 0 Å². The first-order chi connectivity index (χ1) is 14.4. The number of rotatable bonds is 3. The van der Waals surface area contributed by atoms with Crippen molar-refractivity contribution < 1.29 is 4.79 Å². The lowest BCUT2D eigenvalue weighted by Crippen LogP contribution is -2.40. The Hall–Kier alpha value is -3.19. The molecule has 0 unspecified atom stereocenters. The third-order valence-electron chi connectivity index (χ3n) is 5.40. The maximum atomic E-state index is 13.1. The number of nitrogens with one attached hydrogen (secondary N) is 3. The first-order valence-electron chi connectivity index (χ1n) is 9.87. The molecule has 1 aliphatic heterocycles. The third-order valence-corrected chi connectivity index (χ3v) is 5.63. The molecule has 0 atom stereocenters. The molecule has 0 saturated carbocycles. The number of nitrogens with zero attached hydrogens (tertiary/aromatic N) is 2. The highest BCUT2D eigenvalue weighted by Crippen LogP contribution is 2.24. The minimum Gasteiger partial charge on any atom is -0.334 e. The van der Waals surface area contributed by atoms with Crippen LogP contribution in [-0.4, -0.2) is 32.7 Å². The van der Waals surface area contributed by atoms with Gasteiger partial charge in [0, 0.05) is 30.1 Å². The van der Waals surface area contributed by atoms with Crippen LogP contribution >= 0.6 is 11.6 Å². The van der Waals surface area contributed by atoms with E-state index in [1.807, 2.05) is 25.1 Å². The number of halogens is 1. The number of benzene rings is 2. The van der Waals surface area contributed by atoms with Crippen molar-refractivity contribution in [3.05, 3.63) is 74.0 Å². The molecule has 0 bridgehead atoms. The molecular formula is C22H22ClN5O2. The summed E-state index contributed by atoms with van der Waals surface area (Å²) in [4.78, 5) is 29.8. The highest BCUT2D eigenvalue weighted by Gasteiger charge is 2.22. The second-order valence-electron chi connectivity index (χ2n) is 7.46. The van der Waals surface area contributed by atoms with Crippen molar-refractivity contribution in [3.8, 4) is 0 Å². The second-order valence-corrected chi connectivity index (χ2v) is 7.89. The number of hydrogen-bond donors (Lipinski definition) is 3. The van der Waals surface area contributed by atoms with Gasteiger partial charge in [-0.2, -0.15) is 0 Å². The van der Waals surface area contributed by atoms with Crippen LogP contribution in [0.15, 0.2) is 41.2 Å². The predicted molar refractivity (Wildman–Crippen MR) is 116 cm³/mol. The molecule has 2 heterocycles. The Morgan fingerprint density at radius 3 is 2.77 bits per heavy atom. The van der Waals surface area contributed by atoms with Crippen LogP contribution in [-0.2, 0) is 13.0 Å². The van der Waals surface area contributed by atoms with Crippen molar-refractivity contribution in [2.24, 2.45) is 0 Å². The van der Waals surface area contributed by atoms with Gasteiger partial charge >= 0.3 is 0 Å². The van der Waals surface area contributed by atoms with Gasteiger partial charge in [-0.1, -0.05) is 24.6 Å². The molecule has 4 rings (SSSR count). The van der Waals surface area contributed by atoms with Gasteiger partial charge in [0.15, 0.2) is 5.49 Å². The van der Waals surface area contributed by atoms with Crippen LogP contribution in [0, 0.1) is 10.8 Å². The van der Waals surface area contributed by atoms with Crippen molar-refractivity contribution in [1.29, 1.82) is 10.8 Å². The molecule has 2 aromatic carbocycles. The first-order valence-corrected chi connectivity index (χ1v) is 10.2. The van der Waals surface area contributed by atoms with Gasteiger partial charge < -0.3 is 9.88 Å². The lowest BCUT2D eigenvalue weighted by Gasteiger charge is -2.29. The van der Waals surface area contributed by atoms with Crippen LogP contribution in [0.4, 0.5) is 0 Å². The summed E-state index contributed by atoms with van der Waals surface area (Å²) in [5, 5.41) is 17.0. The molecule has 3 N–H and O–H groups in total. The lowest BCUT2D eigenvalue weighted by atomic mass is 9.99. The van der Waals surface area contributed by atoms with E-state index in [1.165, 1.54) is 10.1 Å². The molecule has 1 aliphatic rings. The largest absolute Gasteiger partial charge is 0.334 e. The number of carbonyl (C=O) groups excluding carboxylic acids is 1. The predicted octanol–water partition coefficient (Wildman–Crippen LogP) is 3.29. The number of amides is 1. The van der Waals surface area contributed by atoms with Gasteiger partial charge in [-0.25, -0.2) is 0 Å². The van der Waals surface area contributed by atoms with Crippen molar-refractivity contribution in [2.45, 2.75) is 32.7 Å². The van der Waals surface area contributed by atoms with Gasteiger partial charge in [0.05, 0.1) is 11.0 Å². The summed E-state index contributed by atoms with van der Waals surface area (Å²) in [5.41, 5.74) is 2.79. The summed E-state index contributed by atoms with van der Waals surface area (Å²) in [5.74, 6) is 0.0516. The van der Waals surface area contributed by atoms with Gasteiger partial charge in [-0.05, 0) is 54.3 Å². The standard InChI is InChI=1S/C22H22ClN5O2/c1-2-3-19(24)28-18-7-5-14(11-17(18)26-21(29)20(28)25)22(30)27-9-8-13-4-6-16(23)10-15(13)12-27/h4-7,10-11,24-25H,2-3,8-9,12H2,1H3,(H,26,29). The molecule has 0 fully saturated rings. The van der Waals surface area contributed by atoms with Crippen molar-refractivity contribution in [3.63, 3.8) is 0 Å². The maximum Gasteiger partial charge on any atom is 0.291 e. The minimum absolute atomic E-state index is 0.131. The van der Waals surface area contributed by atoms with Gasteiger partial charge in [0.1, 0.15) is 5.84 Å². The van der Waals surface area contributed by atoms with E-state index in [-0.39, 0.29) is 17.2 Å². The Bertz CT molecular complexity index is 1290. The average molecular weight is 424 g/mol. The van der Waals surface area contributed by atoms with Crippen molar-refractivity contribution in [2.75, 3.05) is 6.54 Å². The molecule has 7 nitrogen and oxygen atoms in total. The number of fused-ring (bicyclic) bond motifs is 2. The number of aromatic amines is 1. The molecule has 0 spiro atoms. The molecular weight excluding hydrogens is 402 g/mol. The van der Waals surface area contributed by atoms with Crippen LogP contribution in [0.25, 0.3) is 11.0 Å². The fourth-order valence-corrected chi connectivity index (χ4v) is 4.07. The smallest absolute Gasteiger partial charge is 0.291 e. The van der Waals surface area contributed by atoms with E-state index in [9.17, 15) is 9.59 Å². The van der Waals surface area contributed by atoms with E-state index >= 15 is 0 Å². The normalized spacial score (nSPS) is 13.3. The fraction of sp³-hybridized carbons (Fsp3) is 0.273. The topological polar surface area (TPSA) is 106 Å². The zero-order chi connectivity index (χ0) is 21.4. The van der Waals surface area contributed by atoms with E-state index < -0.39 is 5.56 Å². The van der Waals surface area contributed by atoms with Crippen LogP contribution in [0.2, 0.25) is 5.02 Å². The van der Waals surface area contributed by atoms with Crippen LogP contribution in [0.3, 0.4) is 0 Å². The highest BCUT2D eigenvalue weighted by molar-refractivity contribution is 6.30. The Labute approximate surface area is 177 Å². The summed E-state index contributed by atoms with van der Waals surface area (Å²) in [6.07, 6.45) is 1.95. The molecule has 0 radical (unpaired) electrons. The number of H-pyrrole nitrogens is 1. The quantitative estimate of drug-likeness (QED) is 0.444. The molecule has 1 aromatic heterocycles. The Morgan fingerprint density at radius 1 is 1.20 bits per heavy atom. The summed E-state index contributed by atoms with van der Waals surface area (Å²) in [7, 11) is 0. The second kappa shape index (κ2) is 7.91. The van der Waals surface area contributed by atoms with Gasteiger partial charge in [-0.3, -0.25) is 25.0 Å². The van der Waals surface area contributed by atoms with Crippen molar-refractivity contribution >= 4 is 34.4 Å². The Kier molecular flexibility index (Phi) is 5.30. The molecule has 3 aromatic rings. The van der Waals surface area contributed by atoms with E-state index in [0.29, 0.717) is 41.1 Å². The number of carbonyl (C=O) groups is 1. The summed E-state index contributed by atoms with van der Waals surface area (Å²) >= 11 is 6.10.